The lowest BCUT2D eigenvalue weighted by Crippen LogP contribution is -2.53. The Kier molecular flexibility index (Phi) is 5.84. The van der Waals surface area contributed by atoms with Gasteiger partial charge in [-0.25, -0.2) is 0 Å². The van der Waals surface area contributed by atoms with Crippen molar-refractivity contribution in [1.82, 2.24) is 4.90 Å². The number of fused-ring (bicyclic) bond motifs is 5. The third-order valence-corrected chi connectivity index (χ3v) is 10.1. The zero-order valence-corrected chi connectivity index (χ0v) is 20.5. The van der Waals surface area contributed by atoms with E-state index in [1.807, 2.05) is 0 Å². The smallest absolute Gasteiger partial charge is 0.310 e. The lowest BCUT2D eigenvalue weighted by Gasteiger charge is -2.58. The number of aliphatic carboxylic acids is 1. The Morgan fingerprint density at radius 3 is 2.26 bits per heavy atom. The molecule has 0 aromatic rings. The van der Waals surface area contributed by atoms with Gasteiger partial charge in [0.25, 0.3) is 0 Å². The van der Waals surface area contributed by atoms with Crippen molar-refractivity contribution in [3.8, 4) is 0 Å². The number of carboxylic acid groups (broad SMARTS) is 1. The van der Waals surface area contributed by atoms with Gasteiger partial charge in [-0.1, -0.05) is 25.5 Å². The lowest BCUT2D eigenvalue weighted by atomic mass is 9.46. The SMILES string of the molecule is CC(C)N(C(=O)[C@H]1CCC2C3CCC4=C[C@H](C(=O)O)CC[C@]4(C)C3CC[C@@]21C)C(C)C. The zero-order chi connectivity index (χ0) is 22.7. The van der Waals surface area contributed by atoms with Crippen LogP contribution in [0, 0.1) is 40.4 Å². The number of rotatable bonds is 4. The van der Waals surface area contributed by atoms with E-state index >= 15 is 0 Å². The van der Waals surface area contributed by atoms with E-state index in [1.165, 1.54) is 24.8 Å². The fourth-order valence-corrected chi connectivity index (χ4v) is 8.61. The Balaban J connectivity index is 1.58. The minimum atomic E-state index is -0.662. The van der Waals surface area contributed by atoms with Crippen LogP contribution in [0.1, 0.15) is 92.9 Å². The van der Waals surface area contributed by atoms with Gasteiger partial charge < -0.3 is 10.0 Å². The number of hydrogen-bond acceptors (Lipinski definition) is 2. The molecule has 31 heavy (non-hydrogen) atoms. The molecule has 0 aliphatic heterocycles. The highest BCUT2D eigenvalue weighted by Crippen LogP contribution is 2.67. The van der Waals surface area contributed by atoms with Crippen LogP contribution in [0.5, 0.6) is 0 Å². The number of carbonyl (C=O) groups is 2. The van der Waals surface area contributed by atoms with E-state index in [1.54, 1.807) is 0 Å². The Labute approximate surface area is 188 Å². The fourth-order valence-electron chi connectivity index (χ4n) is 8.61. The Morgan fingerprint density at radius 2 is 1.65 bits per heavy atom. The second-order valence-electron chi connectivity index (χ2n) is 12.1. The average Bonchev–Trinajstić information content (AvgIpc) is 3.03. The Morgan fingerprint density at radius 1 is 0.968 bits per heavy atom. The molecule has 3 fully saturated rings. The summed E-state index contributed by atoms with van der Waals surface area (Å²) in [6.07, 6.45) is 10.7. The summed E-state index contributed by atoms with van der Waals surface area (Å²) < 4.78 is 0. The molecule has 0 radical (unpaired) electrons. The summed E-state index contributed by atoms with van der Waals surface area (Å²) in [7, 11) is 0. The monoisotopic (exact) mass is 429 g/mol. The molecule has 174 valence electrons. The third-order valence-electron chi connectivity index (χ3n) is 10.1. The van der Waals surface area contributed by atoms with Crippen molar-refractivity contribution < 1.29 is 14.7 Å². The maximum Gasteiger partial charge on any atom is 0.310 e. The van der Waals surface area contributed by atoms with E-state index in [2.05, 4.69) is 52.5 Å². The summed E-state index contributed by atoms with van der Waals surface area (Å²) in [6, 6.07) is 0.495. The van der Waals surface area contributed by atoms with E-state index in [-0.39, 0.29) is 34.7 Å². The molecule has 4 rings (SSSR count). The second kappa shape index (κ2) is 7.92. The van der Waals surface area contributed by atoms with Gasteiger partial charge in [0, 0.05) is 18.0 Å². The molecule has 0 aromatic carbocycles. The van der Waals surface area contributed by atoms with Crippen molar-refractivity contribution in [2.75, 3.05) is 0 Å². The van der Waals surface area contributed by atoms with Gasteiger partial charge in [0.05, 0.1) is 5.92 Å². The van der Waals surface area contributed by atoms with Crippen LogP contribution in [0.15, 0.2) is 11.6 Å². The number of carboxylic acids is 1. The summed E-state index contributed by atoms with van der Waals surface area (Å²) in [4.78, 5) is 27.4. The molecule has 0 saturated heterocycles. The largest absolute Gasteiger partial charge is 0.481 e. The van der Waals surface area contributed by atoms with Crippen LogP contribution in [0.2, 0.25) is 0 Å². The van der Waals surface area contributed by atoms with Crippen molar-refractivity contribution in [2.24, 2.45) is 40.4 Å². The molecule has 4 nitrogen and oxygen atoms in total. The van der Waals surface area contributed by atoms with Gasteiger partial charge in [0.2, 0.25) is 5.91 Å². The van der Waals surface area contributed by atoms with Gasteiger partial charge in [-0.3, -0.25) is 9.59 Å². The molecule has 4 heteroatoms. The third kappa shape index (κ3) is 3.47. The first-order valence-corrected chi connectivity index (χ1v) is 12.8. The first-order chi connectivity index (χ1) is 14.5. The Bertz CT molecular complexity index is 762. The summed E-state index contributed by atoms with van der Waals surface area (Å²) in [6.45, 7) is 13.4. The number of allylic oxidation sites excluding steroid dienone is 1. The summed E-state index contributed by atoms with van der Waals surface area (Å²) in [5.74, 6) is 1.57. The van der Waals surface area contributed by atoms with Crippen LogP contribution in [0.4, 0.5) is 0 Å². The summed E-state index contributed by atoms with van der Waals surface area (Å²) in [5.41, 5.74) is 1.71. The predicted octanol–water partition coefficient (Wildman–Crippen LogP) is 5.91. The number of amides is 1. The second-order valence-corrected chi connectivity index (χ2v) is 12.1. The molecule has 0 heterocycles. The fraction of sp³-hybridized carbons (Fsp3) is 0.852. The normalized spacial score (nSPS) is 41.9. The number of nitrogens with zero attached hydrogens (tertiary/aromatic N) is 1. The predicted molar refractivity (Wildman–Crippen MR) is 123 cm³/mol. The summed E-state index contributed by atoms with van der Waals surface area (Å²) >= 11 is 0. The van der Waals surface area contributed by atoms with Gasteiger partial charge in [-0.05, 0) is 108 Å². The van der Waals surface area contributed by atoms with Gasteiger partial charge in [-0.2, -0.15) is 0 Å². The number of carbonyl (C=O) groups excluding carboxylic acids is 1. The maximum atomic E-state index is 13.7. The van der Waals surface area contributed by atoms with Crippen molar-refractivity contribution in [2.45, 2.75) is 105 Å². The standard InChI is InChI=1S/C27H43NO3/c1-16(2)28(17(3)4)24(29)23-10-9-21-20-8-7-19-15-18(25(30)31)11-13-26(19,5)22(20)12-14-27(21,23)6/h15-18,20-23H,7-14H2,1-6H3,(H,30,31)/t18-,20?,21?,22?,23-,26+,27+/m1/s1. The van der Waals surface area contributed by atoms with E-state index < -0.39 is 5.97 Å². The van der Waals surface area contributed by atoms with Crippen LogP contribution in [-0.2, 0) is 9.59 Å². The van der Waals surface area contributed by atoms with Gasteiger partial charge in [0.15, 0.2) is 0 Å². The highest BCUT2D eigenvalue weighted by atomic mass is 16.4. The lowest BCUT2D eigenvalue weighted by molar-refractivity contribution is -0.146. The highest BCUT2D eigenvalue weighted by Gasteiger charge is 2.60. The minimum absolute atomic E-state index is 0.121. The Hall–Kier alpha value is -1.32. The number of hydrogen-bond donors (Lipinski definition) is 1. The van der Waals surface area contributed by atoms with Crippen LogP contribution in [0.25, 0.3) is 0 Å². The topological polar surface area (TPSA) is 57.6 Å². The average molecular weight is 430 g/mol. The molecule has 0 aromatic heterocycles. The molecule has 3 unspecified atom stereocenters. The van der Waals surface area contributed by atoms with Gasteiger partial charge in [0.1, 0.15) is 0 Å². The van der Waals surface area contributed by atoms with Crippen molar-refractivity contribution in [3.63, 3.8) is 0 Å². The molecule has 1 N–H and O–H groups in total. The van der Waals surface area contributed by atoms with Crippen molar-refractivity contribution >= 4 is 11.9 Å². The first kappa shape index (κ1) is 22.9. The van der Waals surface area contributed by atoms with E-state index in [9.17, 15) is 14.7 Å². The molecule has 4 aliphatic carbocycles. The first-order valence-electron chi connectivity index (χ1n) is 12.8. The van der Waals surface area contributed by atoms with E-state index in [0.29, 0.717) is 23.7 Å². The van der Waals surface area contributed by atoms with Gasteiger partial charge in [-0.15, -0.1) is 0 Å². The quantitative estimate of drug-likeness (QED) is 0.565. The molecule has 0 bridgehead atoms. The molecule has 4 aliphatic rings. The van der Waals surface area contributed by atoms with Crippen LogP contribution in [-0.4, -0.2) is 34.0 Å². The molecular formula is C27H43NO3. The van der Waals surface area contributed by atoms with Crippen molar-refractivity contribution in [3.05, 3.63) is 11.6 Å². The molecule has 3 saturated carbocycles. The van der Waals surface area contributed by atoms with Crippen molar-refractivity contribution in [1.29, 1.82) is 0 Å². The van der Waals surface area contributed by atoms with E-state index in [4.69, 9.17) is 0 Å². The molecular weight excluding hydrogens is 386 g/mol. The molecule has 0 spiro atoms. The van der Waals surface area contributed by atoms with Crippen LogP contribution in [0.3, 0.4) is 0 Å². The van der Waals surface area contributed by atoms with Crippen LogP contribution >= 0.6 is 0 Å². The molecule has 1 amide bonds. The molecule has 7 atom stereocenters. The minimum Gasteiger partial charge on any atom is -0.481 e. The highest BCUT2D eigenvalue weighted by molar-refractivity contribution is 5.80. The van der Waals surface area contributed by atoms with Crippen LogP contribution < -0.4 is 0 Å². The van der Waals surface area contributed by atoms with Gasteiger partial charge >= 0.3 is 5.97 Å². The van der Waals surface area contributed by atoms with E-state index in [0.717, 1.165) is 32.1 Å². The zero-order valence-electron chi connectivity index (χ0n) is 20.5. The summed E-state index contributed by atoms with van der Waals surface area (Å²) in [5, 5.41) is 9.53. The maximum absolute atomic E-state index is 13.7.